The maximum Gasteiger partial charge on any atom is 0.128 e. The highest BCUT2D eigenvalue weighted by Crippen LogP contribution is 2.10. The van der Waals surface area contributed by atoms with Crippen LogP contribution < -0.4 is 0 Å². The molecule has 0 saturated heterocycles. The fourth-order valence-electron chi connectivity index (χ4n) is 2.85. The first-order valence-electron chi connectivity index (χ1n) is 9.67. The normalized spacial score (nSPS) is 11.0. The molecule has 2 heteroatoms. The van der Waals surface area contributed by atoms with Crippen LogP contribution in [-0.2, 0) is 12.8 Å². The molecule has 1 heterocycles. The van der Waals surface area contributed by atoms with Crippen molar-refractivity contribution in [3.63, 3.8) is 0 Å². The van der Waals surface area contributed by atoms with Crippen LogP contribution in [0.5, 0.6) is 0 Å². The van der Waals surface area contributed by atoms with E-state index in [1.807, 2.05) is 6.20 Å². The van der Waals surface area contributed by atoms with Crippen LogP contribution in [0.25, 0.3) is 0 Å². The highest BCUT2D eigenvalue weighted by molar-refractivity contribution is 5.02. The van der Waals surface area contributed by atoms with Crippen LogP contribution in [0, 0.1) is 0 Å². The van der Waals surface area contributed by atoms with Crippen LogP contribution in [0.15, 0.2) is 12.3 Å². The molecule has 0 saturated carbocycles. The Labute approximate surface area is 138 Å². The van der Waals surface area contributed by atoms with Crippen molar-refractivity contribution in [3.05, 3.63) is 23.8 Å². The number of aromatic nitrogens is 2. The summed E-state index contributed by atoms with van der Waals surface area (Å²) in [4.78, 5) is 9.16. The van der Waals surface area contributed by atoms with Gasteiger partial charge < -0.3 is 0 Å². The Morgan fingerprint density at radius 1 is 0.682 bits per heavy atom. The summed E-state index contributed by atoms with van der Waals surface area (Å²) in [5, 5.41) is 0. The first-order valence-corrected chi connectivity index (χ1v) is 9.67. The molecule has 0 spiro atoms. The highest BCUT2D eigenvalue weighted by Gasteiger charge is 2.00. The monoisotopic (exact) mass is 304 g/mol. The van der Waals surface area contributed by atoms with Crippen LogP contribution in [0.4, 0.5) is 0 Å². The summed E-state index contributed by atoms with van der Waals surface area (Å²) in [6.45, 7) is 4.54. The van der Waals surface area contributed by atoms with Gasteiger partial charge in [0.15, 0.2) is 0 Å². The molecular weight excluding hydrogens is 268 g/mol. The molecule has 0 aromatic carbocycles. The lowest BCUT2D eigenvalue weighted by Crippen LogP contribution is -1.99. The molecule has 0 amide bonds. The van der Waals surface area contributed by atoms with Gasteiger partial charge in [-0.05, 0) is 25.3 Å². The van der Waals surface area contributed by atoms with E-state index in [1.165, 1.54) is 82.7 Å². The second-order valence-electron chi connectivity index (χ2n) is 6.50. The molecule has 22 heavy (non-hydrogen) atoms. The van der Waals surface area contributed by atoms with Gasteiger partial charge in [0, 0.05) is 18.3 Å². The van der Waals surface area contributed by atoms with E-state index in [2.05, 4.69) is 24.9 Å². The van der Waals surface area contributed by atoms with Crippen molar-refractivity contribution in [2.45, 2.75) is 104 Å². The lowest BCUT2D eigenvalue weighted by molar-refractivity contribution is 0.594. The number of aryl methyl sites for hydroxylation is 2. The maximum atomic E-state index is 4.73. The first-order chi connectivity index (χ1) is 10.9. The van der Waals surface area contributed by atoms with Gasteiger partial charge in [0.1, 0.15) is 5.82 Å². The van der Waals surface area contributed by atoms with Crippen molar-refractivity contribution in [3.8, 4) is 0 Å². The number of hydrogen-bond donors (Lipinski definition) is 0. The zero-order chi connectivity index (χ0) is 15.9. The number of rotatable bonds is 14. The van der Waals surface area contributed by atoms with Crippen LogP contribution in [-0.4, -0.2) is 9.97 Å². The molecule has 126 valence electrons. The average molecular weight is 305 g/mol. The van der Waals surface area contributed by atoms with Gasteiger partial charge in [0.05, 0.1) is 0 Å². The van der Waals surface area contributed by atoms with E-state index >= 15 is 0 Å². The zero-order valence-electron chi connectivity index (χ0n) is 14.9. The van der Waals surface area contributed by atoms with Crippen LogP contribution >= 0.6 is 0 Å². The molecule has 1 aromatic heterocycles. The summed E-state index contributed by atoms with van der Waals surface area (Å²) in [6, 6.07) is 2.09. The summed E-state index contributed by atoms with van der Waals surface area (Å²) in [6.07, 6.45) is 20.2. The van der Waals surface area contributed by atoms with Crippen LogP contribution in [0.2, 0.25) is 0 Å². The van der Waals surface area contributed by atoms with Gasteiger partial charge >= 0.3 is 0 Å². The molecule has 0 N–H and O–H groups in total. The molecule has 2 nitrogen and oxygen atoms in total. The fraction of sp³-hybridized carbons (Fsp3) is 0.800. The summed E-state index contributed by atoms with van der Waals surface area (Å²) in [7, 11) is 0. The minimum atomic E-state index is 1.05. The van der Waals surface area contributed by atoms with Gasteiger partial charge in [-0.3, -0.25) is 0 Å². The van der Waals surface area contributed by atoms with Gasteiger partial charge in [-0.15, -0.1) is 0 Å². The van der Waals surface area contributed by atoms with Crippen molar-refractivity contribution in [1.29, 1.82) is 0 Å². The third-order valence-electron chi connectivity index (χ3n) is 4.30. The van der Waals surface area contributed by atoms with Gasteiger partial charge in [-0.1, -0.05) is 78.1 Å². The SMILES string of the molecule is CCCCCCCCc1ccnc(CCCCCCCC)n1. The average Bonchev–Trinajstić information content (AvgIpc) is 2.54. The Morgan fingerprint density at radius 2 is 1.23 bits per heavy atom. The van der Waals surface area contributed by atoms with Gasteiger partial charge in [0.25, 0.3) is 0 Å². The Bertz CT molecular complexity index is 331. The van der Waals surface area contributed by atoms with Crippen LogP contribution in [0.3, 0.4) is 0 Å². The lowest BCUT2D eigenvalue weighted by Gasteiger charge is -2.04. The predicted octanol–water partition coefficient (Wildman–Crippen LogP) is 6.28. The number of hydrogen-bond acceptors (Lipinski definition) is 2. The minimum absolute atomic E-state index is 1.05. The Kier molecular flexibility index (Phi) is 11.9. The Balaban J connectivity index is 2.13. The lowest BCUT2D eigenvalue weighted by atomic mass is 10.1. The third kappa shape index (κ3) is 9.92. The molecule has 0 aliphatic rings. The van der Waals surface area contributed by atoms with E-state index in [-0.39, 0.29) is 0 Å². The van der Waals surface area contributed by atoms with Crippen LogP contribution in [0.1, 0.15) is 102 Å². The molecule has 0 bridgehead atoms. The van der Waals surface area contributed by atoms with E-state index < -0.39 is 0 Å². The minimum Gasteiger partial charge on any atom is -0.241 e. The predicted molar refractivity (Wildman–Crippen MR) is 96.2 cm³/mol. The van der Waals surface area contributed by atoms with Crippen molar-refractivity contribution >= 4 is 0 Å². The quantitative estimate of drug-likeness (QED) is 0.378. The molecule has 0 atom stereocenters. The first kappa shape index (κ1) is 19.1. The second-order valence-corrected chi connectivity index (χ2v) is 6.50. The van der Waals surface area contributed by atoms with E-state index in [0.29, 0.717) is 0 Å². The standard InChI is InChI=1S/C20H36N2/c1-3-5-7-9-11-13-15-19-17-18-21-20(22-19)16-14-12-10-8-6-4-2/h17-18H,3-16H2,1-2H3. The zero-order valence-corrected chi connectivity index (χ0v) is 14.9. The van der Waals surface area contributed by atoms with Gasteiger partial charge in [-0.2, -0.15) is 0 Å². The molecule has 1 rings (SSSR count). The smallest absolute Gasteiger partial charge is 0.128 e. The number of unbranched alkanes of at least 4 members (excludes halogenated alkanes) is 10. The fourth-order valence-corrected chi connectivity index (χ4v) is 2.85. The van der Waals surface area contributed by atoms with Crippen molar-refractivity contribution in [2.24, 2.45) is 0 Å². The van der Waals surface area contributed by atoms with E-state index in [4.69, 9.17) is 4.98 Å². The third-order valence-corrected chi connectivity index (χ3v) is 4.30. The second kappa shape index (κ2) is 13.7. The molecule has 1 aromatic rings. The molecule has 0 unspecified atom stereocenters. The maximum absolute atomic E-state index is 4.73. The summed E-state index contributed by atoms with van der Waals surface area (Å²) < 4.78 is 0. The molecule has 0 aliphatic heterocycles. The summed E-state index contributed by atoms with van der Waals surface area (Å²) >= 11 is 0. The Morgan fingerprint density at radius 3 is 1.86 bits per heavy atom. The largest absolute Gasteiger partial charge is 0.241 e. The van der Waals surface area contributed by atoms with Gasteiger partial charge in [0.2, 0.25) is 0 Å². The number of nitrogens with zero attached hydrogens (tertiary/aromatic N) is 2. The summed E-state index contributed by atoms with van der Waals surface area (Å²) in [5.41, 5.74) is 1.24. The van der Waals surface area contributed by atoms with E-state index in [0.717, 1.165) is 18.7 Å². The molecular formula is C20H36N2. The van der Waals surface area contributed by atoms with Gasteiger partial charge in [-0.25, -0.2) is 9.97 Å². The Hall–Kier alpha value is -0.920. The molecule has 0 radical (unpaired) electrons. The van der Waals surface area contributed by atoms with Crippen molar-refractivity contribution < 1.29 is 0 Å². The van der Waals surface area contributed by atoms with E-state index in [9.17, 15) is 0 Å². The van der Waals surface area contributed by atoms with Crippen molar-refractivity contribution in [2.75, 3.05) is 0 Å². The molecule has 0 fully saturated rings. The van der Waals surface area contributed by atoms with E-state index in [1.54, 1.807) is 0 Å². The van der Waals surface area contributed by atoms with Crippen molar-refractivity contribution in [1.82, 2.24) is 9.97 Å². The topological polar surface area (TPSA) is 25.8 Å². The summed E-state index contributed by atoms with van der Waals surface area (Å²) in [5.74, 6) is 1.05. The molecule has 0 aliphatic carbocycles. The highest BCUT2D eigenvalue weighted by atomic mass is 14.9.